The first-order valence-electron chi connectivity index (χ1n) is 15.8. The van der Waals surface area contributed by atoms with Crippen molar-refractivity contribution in [3.05, 3.63) is 0 Å². The van der Waals surface area contributed by atoms with Crippen molar-refractivity contribution >= 4 is 11.9 Å². The highest BCUT2D eigenvalue weighted by molar-refractivity contribution is 5.70. The van der Waals surface area contributed by atoms with Crippen LogP contribution in [-0.2, 0) is 19.3 Å². The fourth-order valence-electron chi connectivity index (χ4n) is 4.08. The van der Waals surface area contributed by atoms with Gasteiger partial charge in [0.15, 0.2) is 0 Å². The topological polar surface area (TPSA) is 64.6 Å². The Balaban J connectivity index is 0. The lowest BCUT2D eigenvalue weighted by Gasteiger charge is -2.06. The summed E-state index contributed by atoms with van der Waals surface area (Å²) in [4.78, 5) is 32.9. The van der Waals surface area contributed by atoms with Crippen LogP contribution >= 0.6 is 0 Å². The SMILES string of the molecule is CCC.CCCCCCCCCCCCCC(=O)ONOC(=O)CCCCCCCCCCCCC. The summed E-state index contributed by atoms with van der Waals surface area (Å²) in [5, 5.41) is 0. The lowest BCUT2D eigenvalue weighted by molar-refractivity contribution is -0.198. The van der Waals surface area contributed by atoms with Crippen LogP contribution in [-0.4, -0.2) is 11.9 Å². The summed E-state index contributed by atoms with van der Waals surface area (Å²) < 4.78 is 0. The first-order chi connectivity index (χ1) is 17.6. The number of unbranched alkanes of at least 4 members (excludes halogenated alkanes) is 20. The van der Waals surface area contributed by atoms with Crippen molar-refractivity contribution in [3.63, 3.8) is 0 Å². The van der Waals surface area contributed by atoms with E-state index < -0.39 is 0 Å². The Bertz CT molecular complexity index is 404. The van der Waals surface area contributed by atoms with Crippen molar-refractivity contribution in [2.24, 2.45) is 0 Å². The molecule has 0 aliphatic rings. The van der Waals surface area contributed by atoms with Gasteiger partial charge in [0.2, 0.25) is 0 Å². The van der Waals surface area contributed by atoms with Crippen LogP contribution in [0.3, 0.4) is 0 Å². The predicted molar refractivity (Wildman–Crippen MR) is 153 cm³/mol. The van der Waals surface area contributed by atoms with E-state index >= 15 is 0 Å². The fraction of sp³-hybridized carbons (Fsp3) is 0.935. The molecule has 0 spiro atoms. The van der Waals surface area contributed by atoms with E-state index in [0.29, 0.717) is 12.8 Å². The molecule has 0 rings (SSSR count). The second kappa shape index (κ2) is 33.9. The molecule has 0 heterocycles. The maximum absolute atomic E-state index is 11.7. The van der Waals surface area contributed by atoms with Gasteiger partial charge in [0.05, 0.1) is 0 Å². The van der Waals surface area contributed by atoms with Crippen LogP contribution in [0.15, 0.2) is 0 Å². The first kappa shape index (κ1) is 37.1. The molecule has 0 saturated heterocycles. The monoisotopic (exact) mass is 513 g/mol. The molecule has 36 heavy (non-hydrogen) atoms. The van der Waals surface area contributed by atoms with Crippen molar-refractivity contribution in [1.29, 1.82) is 0 Å². The van der Waals surface area contributed by atoms with Crippen LogP contribution in [0, 0.1) is 0 Å². The largest absolute Gasteiger partial charge is 0.336 e. The minimum Gasteiger partial charge on any atom is -0.336 e. The van der Waals surface area contributed by atoms with Gasteiger partial charge in [-0.2, -0.15) is 0 Å². The van der Waals surface area contributed by atoms with Crippen molar-refractivity contribution in [1.82, 2.24) is 5.64 Å². The highest BCUT2D eigenvalue weighted by atomic mass is 16.9. The summed E-state index contributed by atoms with van der Waals surface area (Å²) in [6.07, 6.45) is 29.4. The molecule has 0 amide bonds. The molecule has 0 aromatic rings. The van der Waals surface area contributed by atoms with Crippen LogP contribution in [0.5, 0.6) is 0 Å². The van der Waals surface area contributed by atoms with Crippen molar-refractivity contribution in [2.45, 2.75) is 188 Å². The van der Waals surface area contributed by atoms with E-state index in [1.54, 1.807) is 0 Å². The van der Waals surface area contributed by atoms with Crippen LogP contribution < -0.4 is 5.64 Å². The van der Waals surface area contributed by atoms with Crippen LogP contribution in [0.4, 0.5) is 0 Å². The molecule has 216 valence electrons. The minimum absolute atomic E-state index is 0.361. The third kappa shape index (κ3) is 35.1. The van der Waals surface area contributed by atoms with Gasteiger partial charge in [0.25, 0.3) is 0 Å². The highest BCUT2D eigenvalue weighted by Gasteiger charge is 2.06. The molecule has 0 aliphatic heterocycles. The lowest BCUT2D eigenvalue weighted by Crippen LogP contribution is -2.23. The maximum atomic E-state index is 11.7. The van der Waals surface area contributed by atoms with E-state index in [-0.39, 0.29) is 11.9 Å². The van der Waals surface area contributed by atoms with Gasteiger partial charge in [-0.25, -0.2) is 0 Å². The second-order valence-electron chi connectivity index (χ2n) is 10.3. The van der Waals surface area contributed by atoms with E-state index in [1.807, 2.05) is 0 Å². The molecule has 0 aromatic carbocycles. The van der Waals surface area contributed by atoms with E-state index in [9.17, 15) is 9.59 Å². The van der Waals surface area contributed by atoms with Gasteiger partial charge in [-0.3, -0.25) is 9.59 Å². The average Bonchev–Trinajstić information content (AvgIpc) is 2.86. The average molecular weight is 514 g/mol. The molecule has 1 N–H and O–H groups in total. The van der Waals surface area contributed by atoms with E-state index in [2.05, 4.69) is 33.3 Å². The Labute approximate surface area is 225 Å². The number of hydrogen-bond acceptors (Lipinski definition) is 5. The lowest BCUT2D eigenvalue weighted by atomic mass is 10.1. The Morgan fingerprint density at radius 3 is 0.889 bits per heavy atom. The van der Waals surface area contributed by atoms with E-state index in [4.69, 9.17) is 9.68 Å². The number of carbonyl (C=O) groups excluding carboxylic acids is 2. The summed E-state index contributed by atoms with van der Waals surface area (Å²) in [6.45, 7) is 8.75. The molecule has 0 aliphatic carbocycles. The smallest absolute Gasteiger partial charge is 0.328 e. The maximum Gasteiger partial charge on any atom is 0.328 e. The third-order valence-electron chi connectivity index (χ3n) is 6.28. The zero-order valence-electron chi connectivity index (χ0n) is 24.8. The molecule has 5 heteroatoms. The molecule has 0 aromatic heterocycles. The third-order valence-corrected chi connectivity index (χ3v) is 6.28. The van der Waals surface area contributed by atoms with Crippen LogP contribution in [0.1, 0.15) is 188 Å². The molecule has 0 unspecified atom stereocenters. The fourth-order valence-corrected chi connectivity index (χ4v) is 4.08. The van der Waals surface area contributed by atoms with Gasteiger partial charge < -0.3 is 9.68 Å². The minimum atomic E-state index is -0.367. The Hall–Kier alpha value is -1.10. The molecule has 0 bridgehead atoms. The number of carbonyl (C=O) groups is 2. The summed E-state index contributed by atoms with van der Waals surface area (Å²) in [5.41, 5.74) is 2.07. The zero-order chi connectivity index (χ0) is 27.0. The van der Waals surface area contributed by atoms with Gasteiger partial charge in [-0.1, -0.05) is 163 Å². The number of nitrogens with one attached hydrogen (secondary N) is 1. The van der Waals surface area contributed by atoms with Gasteiger partial charge in [0, 0.05) is 18.5 Å². The quantitative estimate of drug-likeness (QED) is 0.0920. The van der Waals surface area contributed by atoms with Crippen molar-refractivity contribution < 1.29 is 19.3 Å². The Morgan fingerprint density at radius 1 is 0.417 bits per heavy atom. The van der Waals surface area contributed by atoms with E-state index in [0.717, 1.165) is 25.7 Å². The number of rotatable bonds is 26. The molecular formula is C31H63NO4. The van der Waals surface area contributed by atoms with Gasteiger partial charge in [-0.15, -0.1) is 0 Å². The van der Waals surface area contributed by atoms with Crippen molar-refractivity contribution in [3.8, 4) is 0 Å². The van der Waals surface area contributed by atoms with E-state index in [1.165, 1.54) is 122 Å². The predicted octanol–water partition coefficient (Wildman–Crippen LogP) is 10.3. The normalized spacial score (nSPS) is 10.6. The first-order valence-corrected chi connectivity index (χ1v) is 15.8. The molecule has 0 atom stereocenters. The molecule has 5 nitrogen and oxygen atoms in total. The van der Waals surface area contributed by atoms with Crippen LogP contribution in [0.2, 0.25) is 0 Å². The highest BCUT2D eigenvalue weighted by Crippen LogP contribution is 2.13. The van der Waals surface area contributed by atoms with Crippen molar-refractivity contribution in [2.75, 3.05) is 0 Å². The van der Waals surface area contributed by atoms with Gasteiger partial charge in [-0.05, 0) is 12.8 Å². The summed E-state index contributed by atoms with van der Waals surface area (Å²) in [7, 11) is 0. The van der Waals surface area contributed by atoms with Gasteiger partial charge >= 0.3 is 11.9 Å². The standard InChI is InChI=1S/C28H55NO4.C3H8/c1-3-5-7-9-11-13-15-17-19-21-23-25-27(30)32-29-33-28(31)26-24-22-20-18-16-14-12-10-8-6-4-2;1-3-2/h29H,3-26H2,1-2H3;3H2,1-2H3. The molecule has 0 fully saturated rings. The zero-order valence-corrected chi connectivity index (χ0v) is 24.8. The second-order valence-corrected chi connectivity index (χ2v) is 10.3. The molecule has 0 saturated carbocycles. The summed E-state index contributed by atoms with van der Waals surface area (Å²) in [6, 6.07) is 0. The molecular weight excluding hydrogens is 450 g/mol. The Kier molecular flexibility index (Phi) is 34.9. The number of hydrogen-bond donors (Lipinski definition) is 1. The Morgan fingerprint density at radius 2 is 0.639 bits per heavy atom. The summed E-state index contributed by atoms with van der Waals surface area (Å²) >= 11 is 0. The molecule has 0 radical (unpaired) electrons. The summed E-state index contributed by atoms with van der Waals surface area (Å²) in [5.74, 6) is -0.734. The van der Waals surface area contributed by atoms with Crippen LogP contribution in [0.25, 0.3) is 0 Å². The van der Waals surface area contributed by atoms with Gasteiger partial charge in [0.1, 0.15) is 0 Å².